The van der Waals surface area contributed by atoms with Crippen molar-refractivity contribution in [1.29, 1.82) is 0 Å². The molecule has 0 bridgehead atoms. The monoisotopic (exact) mass is 494 g/mol. The molecule has 0 unspecified atom stereocenters. The van der Waals surface area contributed by atoms with Crippen LogP contribution in [0.25, 0.3) is 0 Å². The van der Waals surface area contributed by atoms with Gasteiger partial charge >= 0.3 is 0 Å². The van der Waals surface area contributed by atoms with Crippen molar-refractivity contribution in [3.05, 3.63) is 71.3 Å². The van der Waals surface area contributed by atoms with Crippen LogP contribution in [0.1, 0.15) is 48.2 Å². The summed E-state index contributed by atoms with van der Waals surface area (Å²) in [6.45, 7) is 6.97. The number of nitrogens with zero attached hydrogens (tertiary/aromatic N) is 1. The first-order valence-electron chi connectivity index (χ1n) is 9.66. The van der Waals surface area contributed by atoms with Crippen molar-refractivity contribution in [3.63, 3.8) is 0 Å². The van der Waals surface area contributed by atoms with E-state index >= 15 is 0 Å². The van der Waals surface area contributed by atoms with E-state index in [4.69, 9.17) is 0 Å². The van der Waals surface area contributed by atoms with Gasteiger partial charge in [-0.25, -0.2) is 4.99 Å². The quantitative estimate of drug-likeness (QED) is 0.213. The minimum atomic E-state index is -0.0132. The number of unbranched alkanes of at least 4 members (excludes halogenated alkanes) is 1. The highest BCUT2D eigenvalue weighted by Crippen LogP contribution is 2.05. The predicted molar refractivity (Wildman–Crippen MR) is 127 cm³/mol. The van der Waals surface area contributed by atoms with E-state index < -0.39 is 0 Å². The second-order valence-electron chi connectivity index (χ2n) is 6.34. The van der Waals surface area contributed by atoms with Crippen LogP contribution in [-0.2, 0) is 13.1 Å². The second kappa shape index (κ2) is 14.0. The molecule has 0 aliphatic rings. The fourth-order valence-electron chi connectivity index (χ4n) is 2.54. The fraction of sp³-hybridized carbons (Fsp3) is 0.364. The lowest BCUT2D eigenvalue weighted by Gasteiger charge is -2.12. The number of carbonyl (C=O) groups excluding carboxylic acids is 1. The molecule has 1 amide bonds. The summed E-state index contributed by atoms with van der Waals surface area (Å²) < 4.78 is 0. The Morgan fingerprint density at radius 1 is 0.893 bits per heavy atom. The van der Waals surface area contributed by atoms with Crippen molar-refractivity contribution >= 4 is 35.8 Å². The maximum atomic E-state index is 12.0. The molecule has 0 spiro atoms. The largest absolute Gasteiger partial charge is 0.357 e. The zero-order valence-electron chi connectivity index (χ0n) is 16.7. The molecule has 2 aromatic rings. The molecule has 0 saturated heterocycles. The van der Waals surface area contributed by atoms with Crippen molar-refractivity contribution in [2.24, 2.45) is 4.99 Å². The molecule has 0 aliphatic carbocycles. The number of carbonyl (C=O) groups is 1. The lowest BCUT2D eigenvalue weighted by Crippen LogP contribution is -2.36. The maximum Gasteiger partial charge on any atom is 0.251 e. The van der Waals surface area contributed by atoms with Crippen molar-refractivity contribution in [2.75, 3.05) is 13.1 Å². The van der Waals surface area contributed by atoms with Gasteiger partial charge in [-0.2, -0.15) is 0 Å². The SMILES string of the molecule is CCCCNC(=O)c1ccc(CNC(=NCc2ccccc2)NCC)cc1.I. The van der Waals surface area contributed by atoms with Crippen LogP contribution in [0.3, 0.4) is 0 Å². The number of guanidine groups is 1. The van der Waals surface area contributed by atoms with Gasteiger partial charge in [0.05, 0.1) is 6.54 Å². The van der Waals surface area contributed by atoms with Crippen molar-refractivity contribution in [2.45, 2.75) is 39.8 Å². The van der Waals surface area contributed by atoms with Crippen LogP contribution in [-0.4, -0.2) is 25.0 Å². The van der Waals surface area contributed by atoms with E-state index in [0.717, 1.165) is 37.5 Å². The number of amides is 1. The number of hydrogen-bond donors (Lipinski definition) is 3. The third-order valence-electron chi connectivity index (χ3n) is 4.10. The van der Waals surface area contributed by atoms with Crippen molar-refractivity contribution < 1.29 is 4.79 Å². The molecular formula is C22H31IN4O. The predicted octanol–water partition coefficient (Wildman–Crippen LogP) is 4.09. The lowest BCUT2D eigenvalue weighted by molar-refractivity contribution is 0.0953. The van der Waals surface area contributed by atoms with Gasteiger partial charge in [-0.05, 0) is 36.6 Å². The molecule has 0 atom stereocenters. The van der Waals surface area contributed by atoms with E-state index in [1.54, 1.807) is 0 Å². The first-order chi connectivity index (χ1) is 13.2. The van der Waals surface area contributed by atoms with Crippen LogP contribution in [0.2, 0.25) is 0 Å². The van der Waals surface area contributed by atoms with Crippen molar-refractivity contribution in [1.82, 2.24) is 16.0 Å². The van der Waals surface area contributed by atoms with E-state index in [-0.39, 0.29) is 29.9 Å². The fourth-order valence-corrected chi connectivity index (χ4v) is 2.54. The van der Waals surface area contributed by atoms with E-state index in [0.29, 0.717) is 18.7 Å². The van der Waals surface area contributed by atoms with E-state index in [9.17, 15) is 4.79 Å². The molecule has 0 saturated carbocycles. The third kappa shape index (κ3) is 8.73. The van der Waals surface area contributed by atoms with Gasteiger partial charge in [0.2, 0.25) is 0 Å². The number of nitrogens with one attached hydrogen (secondary N) is 3. The Balaban J connectivity index is 0.00000392. The Labute approximate surface area is 185 Å². The topological polar surface area (TPSA) is 65.5 Å². The standard InChI is InChI=1S/C22H30N4O.HI/c1-3-5-15-24-21(27)20-13-11-19(12-14-20)17-26-22(23-4-2)25-16-18-9-7-6-8-10-18;/h6-14H,3-5,15-17H2,1-2H3,(H,24,27)(H2,23,25,26);1H. The molecule has 2 rings (SSSR count). The molecule has 152 valence electrons. The minimum Gasteiger partial charge on any atom is -0.357 e. The van der Waals surface area contributed by atoms with Gasteiger partial charge in [0.25, 0.3) is 5.91 Å². The summed E-state index contributed by atoms with van der Waals surface area (Å²) in [6, 6.07) is 17.9. The zero-order chi connectivity index (χ0) is 19.3. The Morgan fingerprint density at radius 2 is 1.61 bits per heavy atom. The highest BCUT2D eigenvalue weighted by molar-refractivity contribution is 14.0. The van der Waals surface area contributed by atoms with Crippen LogP contribution in [0.5, 0.6) is 0 Å². The number of hydrogen-bond acceptors (Lipinski definition) is 2. The van der Waals surface area contributed by atoms with Crippen LogP contribution in [0.15, 0.2) is 59.6 Å². The molecule has 0 radical (unpaired) electrons. The summed E-state index contributed by atoms with van der Waals surface area (Å²) in [5.41, 5.74) is 2.97. The summed E-state index contributed by atoms with van der Waals surface area (Å²) in [4.78, 5) is 16.7. The maximum absolute atomic E-state index is 12.0. The normalized spacial score (nSPS) is 10.7. The Bertz CT molecular complexity index is 717. The molecule has 5 nitrogen and oxygen atoms in total. The van der Waals surface area contributed by atoms with E-state index in [1.807, 2.05) is 49.4 Å². The Hall–Kier alpha value is -2.09. The summed E-state index contributed by atoms with van der Waals surface area (Å²) in [5, 5.41) is 9.53. The molecule has 0 heterocycles. The van der Waals surface area contributed by atoms with Gasteiger partial charge in [-0.3, -0.25) is 4.79 Å². The first kappa shape index (κ1) is 23.9. The highest BCUT2D eigenvalue weighted by Gasteiger charge is 2.05. The molecule has 28 heavy (non-hydrogen) atoms. The zero-order valence-corrected chi connectivity index (χ0v) is 19.0. The third-order valence-corrected chi connectivity index (χ3v) is 4.10. The minimum absolute atomic E-state index is 0. The summed E-state index contributed by atoms with van der Waals surface area (Å²) in [5.74, 6) is 0.767. The molecule has 0 aromatic heterocycles. The van der Waals surface area contributed by atoms with Crippen LogP contribution in [0, 0.1) is 0 Å². The summed E-state index contributed by atoms with van der Waals surface area (Å²) in [7, 11) is 0. The average Bonchev–Trinajstić information content (AvgIpc) is 2.71. The number of rotatable bonds is 9. The van der Waals surface area contributed by atoms with Gasteiger partial charge in [0.15, 0.2) is 5.96 Å². The van der Waals surface area contributed by atoms with Gasteiger partial charge < -0.3 is 16.0 Å². The molecule has 6 heteroatoms. The van der Waals surface area contributed by atoms with Gasteiger partial charge in [0.1, 0.15) is 0 Å². The molecule has 0 fully saturated rings. The number of benzene rings is 2. The van der Waals surface area contributed by atoms with Gasteiger partial charge in [-0.1, -0.05) is 55.8 Å². The highest BCUT2D eigenvalue weighted by atomic mass is 127. The number of halogens is 1. The van der Waals surface area contributed by atoms with E-state index in [1.165, 1.54) is 5.56 Å². The van der Waals surface area contributed by atoms with Gasteiger partial charge in [-0.15, -0.1) is 24.0 Å². The molecular weight excluding hydrogens is 463 g/mol. The Kier molecular flexibility index (Phi) is 12.0. The second-order valence-corrected chi connectivity index (χ2v) is 6.34. The van der Waals surface area contributed by atoms with Crippen LogP contribution >= 0.6 is 24.0 Å². The summed E-state index contributed by atoms with van der Waals surface area (Å²) >= 11 is 0. The first-order valence-corrected chi connectivity index (χ1v) is 9.66. The average molecular weight is 494 g/mol. The lowest BCUT2D eigenvalue weighted by atomic mass is 10.1. The van der Waals surface area contributed by atoms with E-state index in [2.05, 4.69) is 40.0 Å². The molecule has 2 aromatic carbocycles. The van der Waals surface area contributed by atoms with Crippen LogP contribution < -0.4 is 16.0 Å². The molecule has 3 N–H and O–H groups in total. The van der Waals surface area contributed by atoms with Crippen molar-refractivity contribution in [3.8, 4) is 0 Å². The van der Waals surface area contributed by atoms with Crippen LogP contribution in [0.4, 0.5) is 0 Å². The smallest absolute Gasteiger partial charge is 0.251 e. The molecule has 0 aliphatic heterocycles. The Morgan fingerprint density at radius 3 is 2.25 bits per heavy atom. The summed E-state index contributed by atoms with van der Waals surface area (Å²) in [6.07, 6.45) is 2.08. The number of aliphatic imine (C=N–C) groups is 1. The van der Waals surface area contributed by atoms with Gasteiger partial charge in [0, 0.05) is 25.2 Å².